The van der Waals surface area contributed by atoms with E-state index in [2.05, 4.69) is 12.5 Å². The fourth-order valence-corrected chi connectivity index (χ4v) is 1.44. The molecule has 0 amide bonds. The van der Waals surface area contributed by atoms with E-state index in [0.29, 0.717) is 10.9 Å². The van der Waals surface area contributed by atoms with Gasteiger partial charge in [0.2, 0.25) is 0 Å². The Morgan fingerprint density at radius 3 is 2.40 bits per heavy atom. The molecule has 60 valence electrons. The summed E-state index contributed by atoms with van der Waals surface area (Å²) in [6.07, 6.45) is 6.34. The minimum absolute atomic E-state index is 0.219. The van der Waals surface area contributed by atoms with Crippen LogP contribution in [0.2, 0.25) is 0 Å². The van der Waals surface area contributed by atoms with Crippen molar-refractivity contribution >= 4 is 16.9 Å². The first-order valence-electron chi connectivity index (χ1n) is 3.37. The van der Waals surface area contributed by atoms with Gasteiger partial charge in [-0.05, 0) is 30.2 Å². The van der Waals surface area contributed by atoms with Crippen LogP contribution in [0.4, 0.5) is 0 Å². The topological polar surface area (TPSA) is 40.1 Å². The Morgan fingerprint density at radius 2 is 2.00 bits per heavy atom. The van der Waals surface area contributed by atoms with Gasteiger partial charge in [-0.3, -0.25) is 0 Å². The molecule has 0 aromatic heterocycles. The van der Waals surface area contributed by atoms with Crippen LogP contribution in [0.5, 0.6) is 0 Å². The van der Waals surface area contributed by atoms with Crippen molar-refractivity contribution in [1.29, 1.82) is 0 Å². The molecule has 0 aliphatic carbocycles. The Labute approximate surface area is 65.0 Å². The largest absolute Gasteiger partial charge is 0.550 e. The maximum Gasteiger partial charge on any atom is 0.107 e. The highest BCUT2D eigenvalue weighted by Crippen LogP contribution is 1.97. The van der Waals surface area contributed by atoms with Crippen LogP contribution in [0.25, 0.3) is 0 Å². The van der Waals surface area contributed by atoms with E-state index in [-0.39, 0.29) is 6.42 Å². The molecule has 10 heavy (non-hydrogen) atoms. The second-order valence-electron chi connectivity index (χ2n) is 2.52. The fourth-order valence-electron chi connectivity index (χ4n) is 0.660. The molecule has 0 aliphatic rings. The van der Waals surface area contributed by atoms with Crippen LogP contribution >= 0.6 is 0 Å². The third-order valence-corrected chi connectivity index (χ3v) is 2.29. The number of carboxylic acids is 1. The average Bonchev–Trinajstić information content (AvgIpc) is 1.79. The zero-order chi connectivity index (χ0) is 7.98. The van der Waals surface area contributed by atoms with Gasteiger partial charge in [0, 0.05) is 5.97 Å². The molecule has 0 spiro atoms. The van der Waals surface area contributed by atoms with Gasteiger partial charge in [0.1, 0.15) is 5.75 Å². The standard InChI is InChI=1S/C7H14O2S/c1-10(2)6-4-3-5-7(8)9/h3-6H2,1-2H3. The quantitative estimate of drug-likeness (QED) is 0.414. The first-order chi connectivity index (χ1) is 4.63. The number of hydrogen-bond donors (Lipinski definition) is 0. The molecule has 0 aliphatic heterocycles. The maximum atomic E-state index is 9.94. The summed E-state index contributed by atoms with van der Waals surface area (Å²) in [5, 5.41) is 9.94. The normalized spacial score (nSPS) is 10.3. The second-order valence-corrected chi connectivity index (χ2v) is 4.90. The van der Waals surface area contributed by atoms with E-state index in [1.807, 2.05) is 0 Å². The number of carbonyl (C=O) groups is 1. The first-order valence-corrected chi connectivity index (χ1v) is 5.58. The minimum atomic E-state index is -0.924. The van der Waals surface area contributed by atoms with Crippen LogP contribution in [0, 0.1) is 0 Å². The van der Waals surface area contributed by atoms with Crippen LogP contribution in [0.1, 0.15) is 19.3 Å². The molecule has 3 heteroatoms. The second kappa shape index (κ2) is 5.59. The number of carbonyl (C=O) groups excluding carboxylic acids is 1. The Hall–Kier alpha value is -0.180. The summed E-state index contributed by atoms with van der Waals surface area (Å²) in [6, 6.07) is 0. The van der Waals surface area contributed by atoms with Crippen molar-refractivity contribution in [2.45, 2.75) is 19.3 Å². The molecule has 0 heterocycles. The first kappa shape index (κ1) is 9.82. The molecule has 0 radical (unpaired) electrons. The van der Waals surface area contributed by atoms with Crippen molar-refractivity contribution in [3.63, 3.8) is 0 Å². The molecule has 0 N–H and O–H groups in total. The fraction of sp³-hybridized carbons (Fsp3) is 0.857. The third-order valence-electron chi connectivity index (χ3n) is 1.18. The van der Waals surface area contributed by atoms with Gasteiger partial charge >= 0.3 is 0 Å². The van der Waals surface area contributed by atoms with Crippen molar-refractivity contribution in [3.8, 4) is 0 Å². The van der Waals surface area contributed by atoms with Crippen LogP contribution < -0.4 is 5.11 Å². The van der Waals surface area contributed by atoms with Crippen molar-refractivity contribution in [3.05, 3.63) is 0 Å². The monoisotopic (exact) mass is 162 g/mol. The van der Waals surface area contributed by atoms with Crippen LogP contribution in [-0.4, -0.2) is 24.2 Å². The lowest BCUT2D eigenvalue weighted by Crippen LogP contribution is -2.21. The van der Waals surface area contributed by atoms with E-state index in [9.17, 15) is 9.90 Å². The molecular formula is C7H14O2S. The summed E-state index contributed by atoms with van der Waals surface area (Å²) in [6.45, 7) is 0. The van der Waals surface area contributed by atoms with Gasteiger partial charge < -0.3 is 9.90 Å². The van der Waals surface area contributed by atoms with Crippen LogP contribution in [0.3, 0.4) is 0 Å². The average molecular weight is 162 g/mol. The number of hydrogen-bond acceptors (Lipinski definition) is 2. The predicted octanol–water partition coefficient (Wildman–Crippen LogP) is -0.216. The van der Waals surface area contributed by atoms with E-state index in [1.165, 1.54) is 0 Å². The molecule has 0 aromatic rings. The van der Waals surface area contributed by atoms with Gasteiger partial charge in [0.25, 0.3) is 0 Å². The smallest absolute Gasteiger partial charge is 0.107 e. The summed E-state index contributed by atoms with van der Waals surface area (Å²) < 4.78 is 0. The SMILES string of the molecule is C[S+](C)CCCCC(=O)[O-]. The number of aliphatic carboxylic acids is 1. The van der Waals surface area contributed by atoms with Gasteiger partial charge in [0.05, 0.1) is 12.5 Å². The van der Waals surface area contributed by atoms with E-state index in [0.717, 1.165) is 18.6 Å². The Balaban J connectivity index is 2.98. The highest BCUT2D eigenvalue weighted by atomic mass is 32.2. The molecule has 0 rings (SSSR count). The zero-order valence-corrected chi connectivity index (χ0v) is 7.37. The van der Waals surface area contributed by atoms with Crippen molar-refractivity contribution in [1.82, 2.24) is 0 Å². The Bertz CT molecular complexity index is 102. The molecule has 0 fully saturated rings. The highest BCUT2D eigenvalue weighted by Gasteiger charge is 2.00. The van der Waals surface area contributed by atoms with Crippen molar-refractivity contribution in [2.24, 2.45) is 0 Å². The van der Waals surface area contributed by atoms with Crippen LogP contribution in [-0.2, 0) is 15.7 Å². The third kappa shape index (κ3) is 7.82. The Kier molecular flexibility index (Phi) is 5.49. The summed E-state index contributed by atoms with van der Waals surface area (Å²) in [4.78, 5) is 9.94. The van der Waals surface area contributed by atoms with Gasteiger partial charge in [-0.2, -0.15) is 0 Å². The lowest BCUT2D eigenvalue weighted by molar-refractivity contribution is -0.305. The summed E-state index contributed by atoms with van der Waals surface area (Å²) in [5.41, 5.74) is 0. The van der Waals surface area contributed by atoms with Gasteiger partial charge in [-0.15, -0.1) is 0 Å². The van der Waals surface area contributed by atoms with E-state index < -0.39 is 5.97 Å². The lowest BCUT2D eigenvalue weighted by atomic mass is 10.3. The maximum absolute atomic E-state index is 9.94. The molecule has 2 nitrogen and oxygen atoms in total. The number of rotatable bonds is 5. The molecule has 0 bridgehead atoms. The predicted molar refractivity (Wildman–Crippen MR) is 42.9 cm³/mol. The van der Waals surface area contributed by atoms with E-state index in [4.69, 9.17) is 0 Å². The van der Waals surface area contributed by atoms with Crippen molar-refractivity contribution < 1.29 is 9.90 Å². The molecule has 0 unspecified atom stereocenters. The molecule has 0 saturated carbocycles. The lowest BCUT2D eigenvalue weighted by Gasteiger charge is -1.99. The minimum Gasteiger partial charge on any atom is -0.550 e. The summed E-state index contributed by atoms with van der Waals surface area (Å²) in [5.74, 6) is 0.222. The zero-order valence-electron chi connectivity index (χ0n) is 6.55. The van der Waals surface area contributed by atoms with E-state index >= 15 is 0 Å². The highest BCUT2D eigenvalue weighted by molar-refractivity contribution is 7.95. The van der Waals surface area contributed by atoms with E-state index in [1.54, 1.807) is 0 Å². The summed E-state index contributed by atoms with van der Waals surface area (Å²) in [7, 11) is 0.456. The van der Waals surface area contributed by atoms with Crippen LogP contribution in [0.15, 0.2) is 0 Å². The van der Waals surface area contributed by atoms with Gasteiger partial charge in [-0.25, -0.2) is 0 Å². The molecule has 0 saturated heterocycles. The molecule has 0 atom stereocenters. The van der Waals surface area contributed by atoms with Crippen molar-refractivity contribution in [2.75, 3.05) is 18.3 Å². The summed E-state index contributed by atoms with van der Waals surface area (Å²) >= 11 is 0. The Morgan fingerprint density at radius 1 is 1.40 bits per heavy atom. The number of unbranched alkanes of at least 4 members (excludes halogenated alkanes) is 1. The number of carboxylic acid groups (broad SMARTS) is 1. The molecule has 0 aromatic carbocycles. The van der Waals surface area contributed by atoms with Gasteiger partial charge in [0.15, 0.2) is 0 Å². The van der Waals surface area contributed by atoms with Gasteiger partial charge in [-0.1, -0.05) is 0 Å². The molecular weight excluding hydrogens is 148 g/mol.